The first-order valence-electron chi connectivity index (χ1n) is 7.37. The van der Waals surface area contributed by atoms with Gasteiger partial charge in [0.25, 0.3) is 5.91 Å². The Balaban J connectivity index is 1.89. The molecule has 0 spiro atoms. The van der Waals surface area contributed by atoms with E-state index in [1.54, 1.807) is 16.7 Å². The molecule has 4 nitrogen and oxygen atoms in total. The first-order chi connectivity index (χ1) is 10.1. The topological polar surface area (TPSA) is 28.5 Å². The molecular formula is C16H20FN3O. The second-order valence-corrected chi connectivity index (χ2v) is 5.49. The quantitative estimate of drug-likeness (QED) is 0.847. The fraction of sp³-hybridized carbons (Fsp3) is 0.438. The van der Waals surface area contributed by atoms with E-state index in [2.05, 4.69) is 11.8 Å². The Morgan fingerprint density at radius 1 is 1.24 bits per heavy atom. The van der Waals surface area contributed by atoms with Crippen molar-refractivity contribution in [2.75, 3.05) is 32.7 Å². The van der Waals surface area contributed by atoms with Crippen LogP contribution in [0.15, 0.2) is 24.3 Å². The molecule has 5 heteroatoms. The van der Waals surface area contributed by atoms with Crippen molar-refractivity contribution < 1.29 is 9.18 Å². The maximum absolute atomic E-state index is 13.8. The molecule has 1 fully saturated rings. The molecule has 1 aliphatic heterocycles. The number of fused-ring (bicyclic) bond motifs is 1. The van der Waals surface area contributed by atoms with Gasteiger partial charge in [-0.1, -0.05) is 13.0 Å². The predicted octanol–water partition coefficient (Wildman–Crippen LogP) is 2.10. The fourth-order valence-corrected chi connectivity index (χ4v) is 2.96. The summed E-state index contributed by atoms with van der Waals surface area (Å²) < 4.78 is 15.6. The maximum atomic E-state index is 13.8. The lowest BCUT2D eigenvalue weighted by molar-refractivity contribution is 0.0634. The second kappa shape index (κ2) is 5.48. The number of rotatable bonds is 2. The van der Waals surface area contributed by atoms with Gasteiger partial charge in [-0.25, -0.2) is 4.39 Å². The third kappa shape index (κ3) is 2.42. The van der Waals surface area contributed by atoms with E-state index in [1.807, 2.05) is 18.0 Å². The Bertz CT molecular complexity index is 671. The lowest BCUT2D eigenvalue weighted by Crippen LogP contribution is -2.48. The van der Waals surface area contributed by atoms with Gasteiger partial charge in [0, 0.05) is 38.6 Å². The first kappa shape index (κ1) is 14.1. The number of hydrogen-bond acceptors (Lipinski definition) is 2. The summed E-state index contributed by atoms with van der Waals surface area (Å²) in [6, 6.07) is 6.60. The van der Waals surface area contributed by atoms with E-state index in [-0.39, 0.29) is 11.7 Å². The molecule has 3 rings (SSSR count). The number of piperazine rings is 1. The Morgan fingerprint density at radius 2 is 1.95 bits per heavy atom. The number of benzene rings is 1. The highest BCUT2D eigenvalue weighted by Crippen LogP contribution is 2.22. The fourth-order valence-electron chi connectivity index (χ4n) is 2.96. The van der Waals surface area contributed by atoms with Crippen LogP contribution in [0.2, 0.25) is 0 Å². The lowest BCUT2D eigenvalue weighted by atomic mass is 10.2. The van der Waals surface area contributed by atoms with Gasteiger partial charge in [0.1, 0.15) is 11.5 Å². The zero-order chi connectivity index (χ0) is 15.0. The highest BCUT2D eigenvalue weighted by atomic mass is 19.1. The molecule has 1 amide bonds. The van der Waals surface area contributed by atoms with Gasteiger partial charge in [-0.15, -0.1) is 0 Å². The molecule has 1 aromatic carbocycles. The number of carbonyl (C=O) groups excluding carboxylic acids is 1. The monoisotopic (exact) mass is 289 g/mol. The minimum atomic E-state index is -0.280. The average Bonchev–Trinajstić information content (AvgIpc) is 2.85. The van der Waals surface area contributed by atoms with Crippen LogP contribution in [0.4, 0.5) is 4.39 Å². The average molecular weight is 289 g/mol. The molecule has 2 aromatic rings. The number of carbonyl (C=O) groups is 1. The summed E-state index contributed by atoms with van der Waals surface area (Å²) in [5, 5.41) is 0.510. The number of likely N-dealkylation sites (N-methyl/N-ethyl adjacent to an activating group) is 1. The predicted molar refractivity (Wildman–Crippen MR) is 80.9 cm³/mol. The van der Waals surface area contributed by atoms with E-state index in [4.69, 9.17) is 0 Å². The van der Waals surface area contributed by atoms with Crippen molar-refractivity contribution >= 4 is 16.8 Å². The number of hydrogen-bond donors (Lipinski definition) is 0. The van der Waals surface area contributed by atoms with E-state index in [9.17, 15) is 9.18 Å². The van der Waals surface area contributed by atoms with Crippen LogP contribution in [0.25, 0.3) is 10.9 Å². The molecule has 0 saturated carbocycles. The van der Waals surface area contributed by atoms with Crippen molar-refractivity contribution in [3.05, 3.63) is 35.8 Å². The summed E-state index contributed by atoms with van der Waals surface area (Å²) >= 11 is 0. The van der Waals surface area contributed by atoms with E-state index in [0.717, 1.165) is 38.2 Å². The van der Waals surface area contributed by atoms with Crippen LogP contribution in [-0.2, 0) is 7.05 Å². The largest absolute Gasteiger partial charge is 0.340 e. The standard InChI is InChI=1S/C16H20FN3O/c1-3-19-7-9-20(10-8-19)16(21)15-11-12-13(17)5-4-6-14(12)18(15)2/h4-6,11H,3,7-10H2,1-2H3. The van der Waals surface area contributed by atoms with Crippen LogP contribution in [-0.4, -0.2) is 53.0 Å². The van der Waals surface area contributed by atoms with Gasteiger partial charge < -0.3 is 14.4 Å². The van der Waals surface area contributed by atoms with Crippen molar-refractivity contribution in [3.63, 3.8) is 0 Å². The molecule has 0 unspecified atom stereocenters. The molecular weight excluding hydrogens is 269 g/mol. The van der Waals surface area contributed by atoms with Gasteiger partial charge in [0.2, 0.25) is 0 Å². The summed E-state index contributed by atoms with van der Waals surface area (Å²) in [5.74, 6) is -0.290. The molecule has 2 heterocycles. The Hall–Kier alpha value is -1.88. The van der Waals surface area contributed by atoms with E-state index in [1.165, 1.54) is 6.07 Å². The Morgan fingerprint density at radius 3 is 2.57 bits per heavy atom. The van der Waals surface area contributed by atoms with Crippen molar-refractivity contribution in [3.8, 4) is 0 Å². The van der Waals surface area contributed by atoms with Gasteiger partial charge in [-0.2, -0.15) is 0 Å². The van der Waals surface area contributed by atoms with Crippen LogP contribution in [0.3, 0.4) is 0 Å². The third-order valence-electron chi connectivity index (χ3n) is 4.36. The number of halogens is 1. The molecule has 0 radical (unpaired) electrons. The number of nitrogens with zero attached hydrogens (tertiary/aromatic N) is 3. The summed E-state index contributed by atoms with van der Waals surface area (Å²) in [4.78, 5) is 16.8. The zero-order valence-corrected chi connectivity index (χ0v) is 12.5. The van der Waals surface area contributed by atoms with Crippen molar-refractivity contribution in [2.45, 2.75) is 6.92 Å². The van der Waals surface area contributed by atoms with Crippen molar-refractivity contribution in [1.29, 1.82) is 0 Å². The van der Waals surface area contributed by atoms with Crippen LogP contribution in [0.1, 0.15) is 17.4 Å². The second-order valence-electron chi connectivity index (χ2n) is 5.49. The summed E-state index contributed by atoms with van der Waals surface area (Å²) in [6.45, 7) is 6.42. The first-order valence-corrected chi connectivity index (χ1v) is 7.37. The normalized spacial score (nSPS) is 16.6. The lowest BCUT2D eigenvalue weighted by Gasteiger charge is -2.34. The molecule has 0 N–H and O–H groups in total. The third-order valence-corrected chi connectivity index (χ3v) is 4.36. The highest BCUT2D eigenvalue weighted by Gasteiger charge is 2.24. The maximum Gasteiger partial charge on any atom is 0.270 e. The van der Waals surface area contributed by atoms with Crippen LogP contribution in [0.5, 0.6) is 0 Å². The zero-order valence-electron chi connectivity index (χ0n) is 12.5. The Kier molecular flexibility index (Phi) is 3.68. The van der Waals surface area contributed by atoms with Gasteiger partial charge in [0.05, 0.1) is 5.52 Å². The highest BCUT2D eigenvalue weighted by molar-refractivity contribution is 5.98. The molecule has 112 valence electrons. The molecule has 21 heavy (non-hydrogen) atoms. The van der Waals surface area contributed by atoms with Gasteiger partial charge in [-0.05, 0) is 24.7 Å². The summed E-state index contributed by atoms with van der Waals surface area (Å²) in [5.41, 5.74) is 1.31. The smallest absolute Gasteiger partial charge is 0.270 e. The van der Waals surface area contributed by atoms with E-state index in [0.29, 0.717) is 11.1 Å². The number of aromatic nitrogens is 1. The molecule has 0 atom stereocenters. The number of amides is 1. The van der Waals surface area contributed by atoms with Crippen LogP contribution >= 0.6 is 0 Å². The number of aryl methyl sites for hydroxylation is 1. The SMILES string of the molecule is CCN1CCN(C(=O)c2cc3c(F)cccc3n2C)CC1. The molecule has 0 bridgehead atoms. The van der Waals surface area contributed by atoms with Gasteiger partial charge >= 0.3 is 0 Å². The van der Waals surface area contributed by atoms with E-state index >= 15 is 0 Å². The van der Waals surface area contributed by atoms with Gasteiger partial charge in [-0.3, -0.25) is 4.79 Å². The van der Waals surface area contributed by atoms with Crippen LogP contribution < -0.4 is 0 Å². The molecule has 1 saturated heterocycles. The van der Waals surface area contributed by atoms with E-state index < -0.39 is 0 Å². The molecule has 1 aliphatic rings. The van der Waals surface area contributed by atoms with Crippen molar-refractivity contribution in [1.82, 2.24) is 14.4 Å². The molecule has 1 aromatic heterocycles. The summed E-state index contributed by atoms with van der Waals surface area (Å²) in [7, 11) is 1.82. The molecule has 0 aliphatic carbocycles. The van der Waals surface area contributed by atoms with Gasteiger partial charge in [0.15, 0.2) is 0 Å². The minimum Gasteiger partial charge on any atom is -0.340 e. The summed E-state index contributed by atoms with van der Waals surface area (Å²) in [6.07, 6.45) is 0. The van der Waals surface area contributed by atoms with Crippen LogP contribution in [0, 0.1) is 5.82 Å². The Labute approximate surface area is 123 Å². The minimum absolute atomic E-state index is 0.0103. The van der Waals surface area contributed by atoms with Crippen molar-refractivity contribution in [2.24, 2.45) is 7.05 Å².